The number of hydrogen-bond donors (Lipinski definition) is 3. The first kappa shape index (κ1) is 25.2. The quantitative estimate of drug-likeness (QED) is 0.371. The van der Waals surface area contributed by atoms with E-state index in [-0.39, 0.29) is 24.0 Å². The van der Waals surface area contributed by atoms with Gasteiger partial charge < -0.3 is 15.4 Å². The maximum atomic E-state index is 12.9. The number of amides is 5. The molecule has 3 N–H and O–H groups in total. The Morgan fingerprint density at radius 3 is 2.38 bits per heavy atom. The minimum atomic E-state index is -0.966. The fraction of sp³-hybridized carbons (Fsp3) is 0.542. The molecule has 34 heavy (non-hydrogen) atoms. The summed E-state index contributed by atoms with van der Waals surface area (Å²) >= 11 is 0. The SMILES string of the molecule is CC(C)(C)OC(=O)NCCCCCCNc1ccc2c(c1)C(=O)N(C1CCC(=O)NC1=O)C2=O. The largest absolute Gasteiger partial charge is 0.444 e. The minimum Gasteiger partial charge on any atom is -0.444 e. The molecule has 1 fully saturated rings. The number of nitrogens with zero attached hydrogens (tertiary/aromatic N) is 1. The smallest absolute Gasteiger partial charge is 0.407 e. The second kappa shape index (κ2) is 10.7. The van der Waals surface area contributed by atoms with Crippen molar-refractivity contribution in [3.8, 4) is 0 Å². The molecule has 5 amide bonds. The zero-order valence-corrected chi connectivity index (χ0v) is 19.9. The minimum absolute atomic E-state index is 0.0910. The number of hydrogen-bond acceptors (Lipinski definition) is 7. The molecule has 0 radical (unpaired) electrons. The van der Waals surface area contributed by atoms with E-state index in [1.54, 1.807) is 18.2 Å². The van der Waals surface area contributed by atoms with E-state index in [4.69, 9.17) is 4.74 Å². The van der Waals surface area contributed by atoms with E-state index >= 15 is 0 Å². The highest BCUT2D eigenvalue weighted by Gasteiger charge is 2.44. The van der Waals surface area contributed by atoms with Crippen molar-refractivity contribution in [2.24, 2.45) is 0 Å². The molecule has 1 unspecified atom stereocenters. The van der Waals surface area contributed by atoms with Crippen molar-refractivity contribution in [2.75, 3.05) is 18.4 Å². The third-order valence-corrected chi connectivity index (χ3v) is 5.54. The van der Waals surface area contributed by atoms with Crippen LogP contribution in [0.3, 0.4) is 0 Å². The molecule has 1 aromatic rings. The number of fused-ring (bicyclic) bond motifs is 1. The standard InChI is InChI=1S/C24H32N4O6/c1-24(2,3)34-23(33)26-13-7-5-4-6-12-25-15-8-9-16-17(14-15)22(32)28(21(16)31)18-10-11-19(29)27-20(18)30/h8-9,14,18,25H,4-7,10-13H2,1-3H3,(H,26,33)(H,27,29,30). The molecular formula is C24H32N4O6. The monoisotopic (exact) mass is 472 g/mol. The summed E-state index contributed by atoms with van der Waals surface area (Å²) in [5.41, 5.74) is 0.733. The zero-order valence-electron chi connectivity index (χ0n) is 19.9. The summed E-state index contributed by atoms with van der Waals surface area (Å²) in [4.78, 5) is 61.7. The van der Waals surface area contributed by atoms with Crippen molar-refractivity contribution in [3.63, 3.8) is 0 Å². The van der Waals surface area contributed by atoms with Gasteiger partial charge in [0.2, 0.25) is 11.8 Å². The molecule has 184 valence electrons. The number of carbonyl (C=O) groups excluding carboxylic acids is 5. The van der Waals surface area contributed by atoms with Crippen molar-refractivity contribution in [1.29, 1.82) is 0 Å². The number of unbranched alkanes of at least 4 members (excludes halogenated alkanes) is 3. The van der Waals surface area contributed by atoms with Crippen LogP contribution < -0.4 is 16.0 Å². The van der Waals surface area contributed by atoms with Gasteiger partial charge in [-0.1, -0.05) is 12.8 Å². The number of anilines is 1. The lowest BCUT2D eigenvalue weighted by molar-refractivity contribution is -0.136. The van der Waals surface area contributed by atoms with Gasteiger partial charge >= 0.3 is 6.09 Å². The van der Waals surface area contributed by atoms with Crippen molar-refractivity contribution in [2.45, 2.75) is 70.9 Å². The fourth-order valence-electron chi connectivity index (χ4n) is 3.92. The van der Waals surface area contributed by atoms with E-state index in [0.717, 1.165) is 36.3 Å². The zero-order chi connectivity index (χ0) is 24.9. The Bertz CT molecular complexity index is 984. The van der Waals surface area contributed by atoms with E-state index in [0.29, 0.717) is 13.1 Å². The van der Waals surface area contributed by atoms with Gasteiger partial charge in [0.1, 0.15) is 11.6 Å². The fourth-order valence-corrected chi connectivity index (χ4v) is 3.92. The predicted molar refractivity (Wildman–Crippen MR) is 124 cm³/mol. The van der Waals surface area contributed by atoms with Gasteiger partial charge in [0.15, 0.2) is 0 Å². The van der Waals surface area contributed by atoms with Crippen LogP contribution in [0.2, 0.25) is 0 Å². The number of benzene rings is 1. The second-order valence-corrected chi connectivity index (χ2v) is 9.48. The predicted octanol–water partition coefficient (Wildman–Crippen LogP) is 2.58. The molecule has 0 saturated carbocycles. The molecule has 0 bridgehead atoms. The van der Waals surface area contributed by atoms with E-state index in [1.807, 2.05) is 20.8 Å². The first-order valence-corrected chi connectivity index (χ1v) is 11.6. The molecule has 10 heteroatoms. The molecule has 2 heterocycles. The Kier molecular flexibility index (Phi) is 7.90. The van der Waals surface area contributed by atoms with Gasteiger partial charge in [0, 0.05) is 25.2 Å². The van der Waals surface area contributed by atoms with Crippen LogP contribution in [0.25, 0.3) is 0 Å². The molecule has 1 aromatic carbocycles. The third-order valence-electron chi connectivity index (χ3n) is 5.54. The summed E-state index contributed by atoms with van der Waals surface area (Å²) in [5, 5.41) is 8.18. The lowest BCUT2D eigenvalue weighted by atomic mass is 10.0. The maximum Gasteiger partial charge on any atom is 0.407 e. The highest BCUT2D eigenvalue weighted by atomic mass is 16.6. The number of nitrogens with one attached hydrogen (secondary N) is 3. The average Bonchev–Trinajstić information content (AvgIpc) is 2.99. The molecule has 1 saturated heterocycles. The number of ether oxygens (including phenoxy) is 1. The van der Waals surface area contributed by atoms with Crippen LogP contribution in [0.4, 0.5) is 10.5 Å². The molecule has 10 nitrogen and oxygen atoms in total. The normalized spacial score (nSPS) is 18.0. The van der Waals surface area contributed by atoms with Gasteiger partial charge in [-0.2, -0.15) is 0 Å². The summed E-state index contributed by atoms with van der Waals surface area (Å²) in [7, 11) is 0. The van der Waals surface area contributed by atoms with Crippen LogP contribution in [0.5, 0.6) is 0 Å². The maximum absolute atomic E-state index is 12.9. The average molecular weight is 473 g/mol. The summed E-state index contributed by atoms with van der Waals surface area (Å²) in [5.74, 6) is -2.05. The lowest BCUT2D eigenvalue weighted by Crippen LogP contribution is -2.54. The Balaban J connectivity index is 1.41. The van der Waals surface area contributed by atoms with Crippen LogP contribution in [-0.4, -0.2) is 59.4 Å². The van der Waals surface area contributed by atoms with Crippen molar-refractivity contribution >= 4 is 35.4 Å². The Hall–Kier alpha value is -3.43. The first-order valence-electron chi connectivity index (χ1n) is 11.6. The Labute approximate surface area is 198 Å². The number of piperidine rings is 1. The van der Waals surface area contributed by atoms with Crippen molar-refractivity contribution < 1.29 is 28.7 Å². The van der Waals surface area contributed by atoms with E-state index in [1.165, 1.54) is 0 Å². The first-order chi connectivity index (χ1) is 16.1. The van der Waals surface area contributed by atoms with Crippen LogP contribution in [-0.2, 0) is 14.3 Å². The topological polar surface area (TPSA) is 134 Å². The van der Waals surface area contributed by atoms with Crippen LogP contribution in [0.15, 0.2) is 18.2 Å². The van der Waals surface area contributed by atoms with Crippen LogP contribution in [0, 0.1) is 0 Å². The van der Waals surface area contributed by atoms with E-state index in [2.05, 4.69) is 16.0 Å². The number of carbonyl (C=O) groups is 5. The van der Waals surface area contributed by atoms with E-state index in [9.17, 15) is 24.0 Å². The lowest BCUT2D eigenvalue weighted by Gasteiger charge is -2.27. The molecular weight excluding hydrogens is 440 g/mol. The summed E-state index contributed by atoms with van der Waals surface area (Å²) in [6.45, 7) is 6.72. The second-order valence-electron chi connectivity index (χ2n) is 9.48. The van der Waals surface area contributed by atoms with Gasteiger partial charge in [-0.15, -0.1) is 0 Å². The summed E-state index contributed by atoms with van der Waals surface area (Å²) in [6.07, 6.45) is 3.49. The summed E-state index contributed by atoms with van der Waals surface area (Å²) < 4.78 is 5.19. The van der Waals surface area contributed by atoms with Gasteiger partial charge in [-0.25, -0.2) is 4.79 Å². The molecule has 2 aliphatic heterocycles. The third kappa shape index (κ3) is 6.33. The van der Waals surface area contributed by atoms with Crippen molar-refractivity contribution in [3.05, 3.63) is 29.3 Å². The van der Waals surface area contributed by atoms with Crippen LogP contribution in [0.1, 0.15) is 80.0 Å². The van der Waals surface area contributed by atoms with Gasteiger partial charge in [-0.3, -0.25) is 29.4 Å². The number of alkyl carbamates (subject to hydrolysis) is 1. The molecule has 0 aromatic heterocycles. The van der Waals surface area contributed by atoms with E-state index < -0.39 is 41.4 Å². The molecule has 2 aliphatic rings. The number of rotatable bonds is 9. The molecule has 1 atom stereocenters. The molecule has 0 aliphatic carbocycles. The highest BCUT2D eigenvalue weighted by molar-refractivity contribution is 6.23. The van der Waals surface area contributed by atoms with Gasteiger partial charge in [-0.05, 0) is 58.2 Å². The van der Waals surface area contributed by atoms with Gasteiger partial charge in [0.25, 0.3) is 11.8 Å². The Morgan fingerprint density at radius 2 is 1.71 bits per heavy atom. The van der Waals surface area contributed by atoms with Crippen molar-refractivity contribution in [1.82, 2.24) is 15.5 Å². The Morgan fingerprint density at radius 1 is 1.03 bits per heavy atom. The number of imide groups is 2. The highest BCUT2D eigenvalue weighted by Crippen LogP contribution is 2.29. The summed E-state index contributed by atoms with van der Waals surface area (Å²) in [6, 6.07) is 3.99. The molecule has 0 spiro atoms. The molecule has 3 rings (SSSR count). The van der Waals surface area contributed by atoms with Gasteiger partial charge in [0.05, 0.1) is 11.1 Å². The van der Waals surface area contributed by atoms with Crippen LogP contribution >= 0.6 is 0 Å².